The average Bonchev–Trinajstić information content (AvgIpc) is 2.79. The first kappa shape index (κ1) is 24.7. The first-order valence-electron chi connectivity index (χ1n) is 11.9. The van der Waals surface area contributed by atoms with Gasteiger partial charge in [-0.3, -0.25) is 9.59 Å². The standard InChI is InChI=1S/C24H37N3O4S/c1-3-4-14-25-23(28)22-11-10-19(2)27(17-22)24(29)21-12-15-26(16-13-21)32(30,31)18-20-8-6-5-7-9-20/h5-9,19,21-22H,3-4,10-18H2,1-2H3,(H,25,28). The Bertz CT molecular complexity index is 866. The van der Waals surface area contributed by atoms with E-state index in [-0.39, 0.29) is 35.4 Å². The predicted molar refractivity (Wildman–Crippen MR) is 125 cm³/mol. The van der Waals surface area contributed by atoms with Gasteiger partial charge in [0.25, 0.3) is 0 Å². The molecule has 32 heavy (non-hydrogen) atoms. The number of rotatable bonds is 8. The second-order valence-corrected chi connectivity index (χ2v) is 11.1. The highest BCUT2D eigenvalue weighted by molar-refractivity contribution is 7.88. The molecule has 0 spiro atoms. The summed E-state index contributed by atoms with van der Waals surface area (Å²) in [6.07, 6.45) is 4.68. The quantitative estimate of drug-likeness (QED) is 0.601. The lowest BCUT2D eigenvalue weighted by Crippen LogP contribution is -2.52. The Morgan fingerprint density at radius 3 is 2.38 bits per heavy atom. The van der Waals surface area contributed by atoms with Crippen LogP contribution in [0.5, 0.6) is 0 Å². The van der Waals surface area contributed by atoms with Crippen LogP contribution >= 0.6 is 0 Å². The van der Waals surface area contributed by atoms with E-state index in [1.807, 2.05) is 42.2 Å². The van der Waals surface area contributed by atoms with Gasteiger partial charge in [0.15, 0.2) is 0 Å². The molecule has 2 unspecified atom stereocenters. The summed E-state index contributed by atoms with van der Waals surface area (Å²) in [6.45, 7) is 6.02. The zero-order valence-electron chi connectivity index (χ0n) is 19.3. The molecule has 3 rings (SSSR count). The third-order valence-electron chi connectivity index (χ3n) is 6.75. The molecule has 2 amide bonds. The average molecular weight is 464 g/mol. The number of amides is 2. The fraction of sp³-hybridized carbons (Fsp3) is 0.667. The predicted octanol–water partition coefficient (Wildman–Crippen LogP) is 2.77. The molecule has 7 nitrogen and oxygen atoms in total. The van der Waals surface area contributed by atoms with Gasteiger partial charge in [-0.2, -0.15) is 0 Å². The molecular weight excluding hydrogens is 426 g/mol. The van der Waals surface area contributed by atoms with Crippen LogP contribution in [0.25, 0.3) is 0 Å². The summed E-state index contributed by atoms with van der Waals surface area (Å²) in [4.78, 5) is 27.6. The van der Waals surface area contributed by atoms with Gasteiger partial charge < -0.3 is 10.2 Å². The highest BCUT2D eigenvalue weighted by Gasteiger charge is 2.38. The van der Waals surface area contributed by atoms with E-state index < -0.39 is 10.0 Å². The molecule has 1 aromatic rings. The molecule has 2 aliphatic rings. The highest BCUT2D eigenvalue weighted by Crippen LogP contribution is 2.28. The van der Waals surface area contributed by atoms with Crippen LogP contribution < -0.4 is 5.32 Å². The zero-order chi connectivity index (χ0) is 23.1. The maximum atomic E-state index is 13.3. The van der Waals surface area contributed by atoms with Gasteiger partial charge in [0, 0.05) is 38.1 Å². The number of piperidine rings is 2. The Balaban J connectivity index is 1.54. The van der Waals surface area contributed by atoms with Crippen molar-refractivity contribution in [1.82, 2.24) is 14.5 Å². The van der Waals surface area contributed by atoms with Gasteiger partial charge in [-0.15, -0.1) is 0 Å². The smallest absolute Gasteiger partial charge is 0.226 e. The van der Waals surface area contributed by atoms with Crippen molar-refractivity contribution in [2.24, 2.45) is 11.8 Å². The SMILES string of the molecule is CCCCNC(=O)C1CCC(C)N(C(=O)C2CCN(S(=O)(=O)Cc3ccccc3)CC2)C1. The molecule has 2 saturated heterocycles. The van der Waals surface area contributed by atoms with Crippen molar-refractivity contribution >= 4 is 21.8 Å². The lowest BCUT2D eigenvalue weighted by molar-refractivity contribution is -0.143. The van der Waals surface area contributed by atoms with Crippen LogP contribution in [0.1, 0.15) is 57.9 Å². The van der Waals surface area contributed by atoms with Crippen LogP contribution in [0.4, 0.5) is 0 Å². The Hall–Kier alpha value is -1.93. The first-order chi connectivity index (χ1) is 15.3. The summed E-state index contributed by atoms with van der Waals surface area (Å²) in [6, 6.07) is 9.30. The topological polar surface area (TPSA) is 86.8 Å². The Morgan fingerprint density at radius 2 is 1.72 bits per heavy atom. The maximum absolute atomic E-state index is 13.3. The Morgan fingerprint density at radius 1 is 1.03 bits per heavy atom. The summed E-state index contributed by atoms with van der Waals surface area (Å²) < 4.78 is 27.1. The number of unbranched alkanes of at least 4 members (excludes halogenated alkanes) is 1. The van der Waals surface area contributed by atoms with Crippen molar-refractivity contribution in [3.8, 4) is 0 Å². The summed E-state index contributed by atoms with van der Waals surface area (Å²) in [5, 5.41) is 3.00. The van der Waals surface area contributed by atoms with E-state index in [1.54, 1.807) is 0 Å². The van der Waals surface area contributed by atoms with Gasteiger partial charge in [0.1, 0.15) is 0 Å². The minimum atomic E-state index is -3.40. The van der Waals surface area contributed by atoms with Crippen LogP contribution in [0.2, 0.25) is 0 Å². The molecule has 0 saturated carbocycles. The monoisotopic (exact) mass is 463 g/mol. The van der Waals surface area contributed by atoms with Crippen molar-refractivity contribution in [2.75, 3.05) is 26.2 Å². The van der Waals surface area contributed by atoms with E-state index in [4.69, 9.17) is 0 Å². The number of sulfonamides is 1. The van der Waals surface area contributed by atoms with E-state index >= 15 is 0 Å². The lowest BCUT2D eigenvalue weighted by Gasteiger charge is -2.40. The number of nitrogens with zero attached hydrogens (tertiary/aromatic N) is 2. The molecule has 1 aromatic carbocycles. The summed E-state index contributed by atoms with van der Waals surface area (Å²) in [5.74, 6) is -0.223. The molecule has 0 aliphatic carbocycles. The van der Waals surface area contributed by atoms with Gasteiger partial charge in [-0.05, 0) is 44.6 Å². The first-order valence-corrected chi connectivity index (χ1v) is 13.5. The van der Waals surface area contributed by atoms with Crippen LogP contribution in [0, 0.1) is 11.8 Å². The van der Waals surface area contributed by atoms with E-state index in [2.05, 4.69) is 12.2 Å². The summed E-state index contributed by atoms with van der Waals surface area (Å²) in [5.41, 5.74) is 0.774. The Kier molecular flexibility index (Phi) is 8.71. The number of likely N-dealkylation sites (tertiary alicyclic amines) is 1. The molecule has 8 heteroatoms. The van der Waals surface area contributed by atoms with Gasteiger partial charge in [-0.25, -0.2) is 12.7 Å². The zero-order valence-corrected chi connectivity index (χ0v) is 20.1. The van der Waals surface area contributed by atoms with E-state index in [0.29, 0.717) is 39.0 Å². The fourth-order valence-electron chi connectivity index (χ4n) is 4.65. The third kappa shape index (κ3) is 6.32. The third-order valence-corrected chi connectivity index (χ3v) is 8.60. The second-order valence-electron chi connectivity index (χ2n) is 9.17. The van der Waals surface area contributed by atoms with E-state index in [1.165, 1.54) is 4.31 Å². The largest absolute Gasteiger partial charge is 0.356 e. The van der Waals surface area contributed by atoms with Crippen molar-refractivity contribution in [3.05, 3.63) is 35.9 Å². The van der Waals surface area contributed by atoms with Crippen LogP contribution in [-0.2, 0) is 25.4 Å². The fourth-order valence-corrected chi connectivity index (χ4v) is 6.22. The highest BCUT2D eigenvalue weighted by atomic mass is 32.2. The molecule has 178 valence electrons. The van der Waals surface area contributed by atoms with Crippen LogP contribution in [-0.4, -0.2) is 61.7 Å². The molecule has 0 bridgehead atoms. The van der Waals surface area contributed by atoms with Crippen molar-refractivity contribution in [1.29, 1.82) is 0 Å². The Labute approximate surface area is 192 Å². The molecule has 2 fully saturated rings. The maximum Gasteiger partial charge on any atom is 0.226 e. The molecular formula is C24H37N3O4S. The van der Waals surface area contributed by atoms with Gasteiger partial charge in [-0.1, -0.05) is 43.7 Å². The number of carbonyl (C=O) groups excluding carboxylic acids is 2. The van der Waals surface area contributed by atoms with Gasteiger partial charge in [0.05, 0.1) is 11.7 Å². The summed E-state index contributed by atoms with van der Waals surface area (Å²) >= 11 is 0. The van der Waals surface area contributed by atoms with Gasteiger partial charge in [0.2, 0.25) is 21.8 Å². The molecule has 2 aliphatic heterocycles. The summed E-state index contributed by atoms with van der Waals surface area (Å²) in [7, 11) is -3.40. The molecule has 2 atom stereocenters. The van der Waals surface area contributed by atoms with Gasteiger partial charge >= 0.3 is 0 Å². The van der Waals surface area contributed by atoms with Crippen molar-refractivity contribution in [2.45, 2.75) is 64.2 Å². The lowest BCUT2D eigenvalue weighted by atomic mass is 9.89. The number of hydrogen-bond donors (Lipinski definition) is 1. The molecule has 1 N–H and O–H groups in total. The normalized spacial score (nSPS) is 23.1. The molecule has 0 radical (unpaired) electrons. The second kappa shape index (κ2) is 11.3. The minimum absolute atomic E-state index is 0.00949. The van der Waals surface area contributed by atoms with Crippen LogP contribution in [0.15, 0.2) is 30.3 Å². The number of carbonyl (C=O) groups is 2. The number of nitrogens with one attached hydrogen (secondary N) is 1. The van der Waals surface area contributed by atoms with Crippen LogP contribution in [0.3, 0.4) is 0 Å². The number of hydrogen-bond acceptors (Lipinski definition) is 4. The van der Waals surface area contributed by atoms with E-state index in [9.17, 15) is 18.0 Å². The molecule has 0 aromatic heterocycles. The molecule has 2 heterocycles. The minimum Gasteiger partial charge on any atom is -0.356 e. The van der Waals surface area contributed by atoms with Crippen molar-refractivity contribution < 1.29 is 18.0 Å². The van der Waals surface area contributed by atoms with Crippen molar-refractivity contribution in [3.63, 3.8) is 0 Å². The van der Waals surface area contributed by atoms with E-state index in [0.717, 1.165) is 31.2 Å². The number of benzene rings is 1.